The molecule has 0 heterocycles. The van der Waals surface area contributed by atoms with E-state index in [2.05, 4.69) is 0 Å². The lowest BCUT2D eigenvalue weighted by Gasteiger charge is -2.10. The molecule has 8 heteroatoms. The van der Waals surface area contributed by atoms with Crippen LogP contribution in [0.4, 0.5) is 0 Å². The van der Waals surface area contributed by atoms with Crippen LogP contribution in [0.1, 0.15) is 29.5 Å². The Kier molecular flexibility index (Phi) is 7.51. The summed E-state index contributed by atoms with van der Waals surface area (Å²) >= 11 is 0. The summed E-state index contributed by atoms with van der Waals surface area (Å²) in [5.41, 5.74) is 4.73. The molecule has 1 aliphatic carbocycles. The van der Waals surface area contributed by atoms with E-state index >= 15 is 0 Å². The Bertz CT molecular complexity index is 1590. The second-order valence-electron chi connectivity index (χ2n) is 8.23. The highest BCUT2D eigenvalue weighted by Crippen LogP contribution is 2.26. The third-order valence-corrected chi connectivity index (χ3v) is 7.61. The van der Waals surface area contributed by atoms with Crippen LogP contribution in [0.3, 0.4) is 0 Å². The number of hydrogen-bond donors (Lipinski definition) is 2. The molecule has 0 radical (unpaired) electrons. The van der Waals surface area contributed by atoms with Gasteiger partial charge in [0.2, 0.25) is 0 Å². The van der Waals surface area contributed by atoms with E-state index in [1.165, 1.54) is 12.1 Å². The molecule has 184 valence electrons. The first-order valence-electron chi connectivity index (χ1n) is 11.1. The Morgan fingerprint density at radius 3 is 1.75 bits per heavy atom. The number of hydrogen-bond acceptors (Lipinski definition) is 4. The van der Waals surface area contributed by atoms with Gasteiger partial charge in [0.05, 0.1) is 4.91 Å². The zero-order valence-corrected chi connectivity index (χ0v) is 20.8. The molecule has 0 spiro atoms. The van der Waals surface area contributed by atoms with Crippen molar-refractivity contribution < 1.29 is 25.9 Å². The summed E-state index contributed by atoms with van der Waals surface area (Å²) in [5.74, 6) is 0. The van der Waals surface area contributed by atoms with Crippen LogP contribution in [0, 0.1) is 0 Å². The summed E-state index contributed by atoms with van der Waals surface area (Å²) in [6.07, 6.45) is 11.4. The van der Waals surface area contributed by atoms with Crippen LogP contribution in [0.25, 0.3) is 29.4 Å². The average molecular weight is 521 g/mol. The van der Waals surface area contributed by atoms with E-state index in [0.29, 0.717) is 17.6 Å². The summed E-state index contributed by atoms with van der Waals surface area (Å²) < 4.78 is 65.0. The Labute approximate surface area is 211 Å². The Hall–Kier alpha value is -3.56. The van der Waals surface area contributed by atoms with Gasteiger partial charge in [-0.05, 0) is 58.4 Å². The molecule has 0 amide bonds. The van der Waals surface area contributed by atoms with Crippen LogP contribution in [-0.4, -0.2) is 25.9 Å². The molecule has 0 aliphatic heterocycles. The molecule has 0 fully saturated rings. The highest BCUT2D eigenvalue weighted by atomic mass is 32.2. The summed E-state index contributed by atoms with van der Waals surface area (Å²) in [4.78, 5) is -0.199. The van der Waals surface area contributed by atoms with E-state index < -0.39 is 20.2 Å². The van der Waals surface area contributed by atoms with Gasteiger partial charge in [-0.15, -0.1) is 0 Å². The summed E-state index contributed by atoms with van der Waals surface area (Å²) in [6.45, 7) is 0. The molecule has 3 aromatic carbocycles. The first-order chi connectivity index (χ1) is 17.1. The van der Waals surface area contributed by atoms with Gasteiger partial charge in [0.1, 0.15) is 4.90 Å². The molecule has 2 N–H and O–H groups in total. The molecule has 0 bridgehead atoms. The lowest BCUT2D eigenvalue weighted by atomic mass is 10.0. The first-order valence-corrected chi connectivity index (χ1v) is 14.0. The molecule has 1 aliphatic rings. The van der Waals surface area contributed by atoms with Crippen molar-refractivity contribution >= 4 is 38.5 Å². The van der Waals surface area contributed by atoms with E-state index in [1.807, 2.05) is 54.6 Å². The van der Waals surface area contributed by atoms with E-state index in [0.717, 1.165) is 28.7 Å². The lowest BCUT2D eigenvalue weighted by molar-refractivity contribution is 0.482. The normalized spacial score (nSPS) is 14.7. The van der Waals surface area contributed by atoms with Crippen molar-refractivity contribution in [1.29, 1.82) is 0 Å². The van der Waals surface area contributed by atoms with E-state index in [4.69, 9.17) is 0 Å². The molecule has 0 atom stereocenters. The van der Waals surface area contributed by atoms with Gasteiger partial charge in [0, 0.05) is 0 Å². The van der Waals surface area contributed by atoms with Crippen molar-refractivity contribution in [2.24, 2.45) is 0 Å². The van der Waals surface area contributed by atoms with Crippen LogP contribution in [0.5, 0.6) is 0 Å². The Balaban J connectivity index is 1.49. The largest absolute Gasteiger partial charge is 0.295 e. The molecular formula is C28H24O6S2. The quantitative estimate of drug-likeness (QED) is 0.280. The lowest BCUT2D eigenvalue weighted by Crippen LogP contribution is -2.05. The van der Waals surface area contributed by atoms with Gasteiger partial charge in [-0.3, -0.25) is 9.11 Å². The minimum Gasteiger partial charge on any atom is -0.282 e. The first kappa shape index (κ1) is 25.5. The maximum atomic E-state index is 11.6. The molecule has 0 saturated carbocycles. The number of benzene rings is 3. The topological polar surface area (TPSA) is 109 Å². The van der Waals surface area contributed by atoms with Crippen molar-refractivity contribution in [3.63, 3.8) is 0 Å². The maximum absolute atomic E-state index is 11.6. The third kappa shape index (κ3) is 6.35. The summed E-state index contributed by atoms with van der Waals surface area (Å²) in [6, 6.07) is 21.7. The van der Waals surface area contributed by atoms with Gasteiger partial charge >= 0.3 is 0 Å². The average Bonchev–Trinajstić information content (AvgIpc) is 2.86. The van der Waals surface area contributed by atoms with Gasteiger partial charge in [-0.25, -0.2) is 0 Å². The minimum atomic E-state index is -4.30. The third-order valence-electron chi connectivity index (χ3n) is 5.73. The number of rotatable bonds is 7. The molecular weight excluding hydrogens is 496 g/mol. The zero-order chi connectivity index (χ0) is 25.8. The SMILES string of the molecule is O=S(=O)(O)C1=C(/C=C/c2ccc(-c3ccc(/C=C/c4ccccc4S(=O)(=O)O)cc3)cc2)CCC=C1. The van der Waals surface area contributed by atoms with Crippen LogP contribution in [-0.2, 0) is 20.2 Å². The second-order valence-corrected chi connectivity index (χ2v) is 11.0. The fourth-order valence-electron chi connectivity index (χ4n) is 3.89. The summed E-state index contributed by atoms with van der Waals surface area (Å²) in [7, 11) is -8.56. The van der Waals surface area contributed by atoms with Crippen molar-refractivity contribution in [3.8, 4) is 11.1 Å². The standard InChI is InChI=1S/C28H24O6S2/c29-35(30,31)27-7-3-1-5-25(27)19-13-21-9-15-23(16-10-21)24-17-11-22(12-18-24)14-20-26-6-2-4-8-28(26)36(32,33)34/h1,3-5,7-20H,2,6H2,(H,29,30,31)(H,32,33,34)/b19-13+,20-14+. The van der Waals surface area contributed by atoms with E-state index in [1.54, 1.807) is 42.5 Å². The molecule has 3 aromatic rings. The second kappa shape index (κ2) is 10.6. The van der Waals surface area contributed by atoms with E-state index in [-0.39, 0.29) is 9.80 Å². The molecule has 0 saturated heterocycles. The predicted octanol–water partition coefficient (Wildman–Crippen LogP) is 6.28. The fourth-order valence-corrected chi connectivity index (χ4v) is 5.34. The highest BCUT2D eigenvalue weighted by molar-refractivity contribution is 7.90. The fraction of sp³-hybridized carbons (Fsp3) is 0.0714. The molecule has 0 unspecified atom stereocenters. The molecule has 36 heavy (non-hydrogen) atoms. The van der Waals surface area contributed by atoms with Crippen molar-refractivity contribution in [1.82, 2.24) is 0 Å². The summed E-state index contributed by atoms with van der Waals surface area (Å²) in [5, 5.41) is 0. The van der Waals surface area contributed by atoms with Gasteiger partial charge in [0.15, 0.2) is 0 Å². The monoisotopic (exact) mass is 520 g/mol. The van der Waals surface area contributed by atoms with Gasteiger partial charge < -0.3 is 0 Å². The van der Waals surface area contributed by atoms with Crippen molar-refractivity contribution in [3.05, 3.63) is 118 Å². The maximum Gasteiger partial charge on any atom is 0.295 e. The minimum absolute atomic E-state index is 0.0581. The Morgan fingerprint density at radius 1 is 0.639 bits per heavy atom. The van der Waals surface area contributed by atoms with Gasteiger partial charge in [-0.2, -0.15) is 16.8 Å². The van der Waals surface area contributed by atoms with Gasteiger partial charge in [0.25, 0.3) is 20.2 Å². The van der Waals surface area contributed by atoms with Crippen LogP contribution >= 0.6 is 0 Å². The molecule has 4 rings (SSSR count). The van der Waals surface area contributed by atoms with Crippen molar-refractivity contribution in [2.45, 2.75) is 17.7 Å². The Morgan fingerprint density at radius 2 is 1.19 bits per heavy atom. The van der Waals surface area contributed by atoms with Gasteiger partial charge in [-0.1, -0.05) is 97.1 Å². The molecule has 6 nitrogen and oxygen atoms in total. The van der Waals surface area contributed by atoms with Crippen molar-refractivity contribution in [2.75, 3.05) is 0 Å². The predicted molar refractivity (Wildman–Crippen MR) is 143 cm³/mol. The van der Waals surface area contributed by atoms with Crippen LogP contribution < -0.4 is 0 Å². The zero-order valence-electron chi connectivity index (χ0n) is 19.2. The van der Waals surface area contributed by atoms with Crippen LogP contribution in [0.2, 0.25) is 0 Å². The molecule has 0 aromatic heterocycles. The van der Waals surface area contributed by atoms with E-state index in [9.17, 15) is 25.9 Å². The highest BCUT2D eigenvalue weighted by Gasteiger charge is 2.17. The smallest absolute Gasteiger partial charge is 0.282 e. The van der Waals surface area contributed by atoms with Crippen LogP contribution in [0.15, 0.2) is 106 Å². The number of allylic oxidation sites excluding steroid dienone is 4.